The first-order valence-electron chi connectivity index (χ1n) is 5.95. The number of rotatable bonds is 4. The van der Waals surface area contributed by atoms with Crippen molar-refractivity contribution in [1.29, 1.82) is 0 Å². The largest absolute Gasteiger partial charge is 0.394 e. The molecule has 0 amide bonds. The molecule has 0 radical (unpaired) electrons. The van der Waals surface area contributed by atoms with Crippen LogP contribution in [-0.2, 0) is 5.41 Å². The van der Waals surface area contributed by atoms with Gasteiger partial charge in [-0.15, -0.1) is 0 Å². The van der Waals surface area contributed by atoms with E-state index in [0.717, 1.165) is 5.69 Å². The van der Waals surface area contributed by atoms with Gasteiger partial charge in [-0.1, -0.05) is 32.9 Å². The van der Waals surface area contributed by atoms with Crippen molar-refractivity contribution in [3.05, 3.63) is 29.8 Å². The highest BCUT2D eigenvalue weighted by atomic mass is 16.3. The minimum Gasteiger partial charge on any atom is -0.394 e. The molecule has 0 fully saturated rings. The molecule has 0 saturated heterocycles. The van der Waals surface area contributed by atoms with Crippen LogP contribution in [-0.4, -0.2) is 36.5 Å². The zero-order chi connectivity index (χ0) is 13.1. The van der Waals surface area contributed by atoms with Crippen molar-refractivity contribution in [1.82, 2.24) is 0 Å². The Bertz CT molecular complexity index is 336. The molecule has 0 unspecified atom stereocenters. The van der Waals surface area contributed by atoms with E-state index >= 15 is 0 Å². The molecule has 0 aliphatic rings. The second-order valence-corrected chi connectivity index (χ2v) is 5.43. The second kappa shape index (κ2) is 5.52. The standard InChI is InChI=1S/C14H23NO2/c1-14(2,3)11-5-7-12(8-6-11)15(4)13(9-16)10-17/h5-8,13,16-17H,9-10H2,1-4H3. The lowest BCUT2D eigenvalue weighted by atomic mass is 9.87. The molecule has 1 aromatic rings. The van der Waals surface area contributed by atoms with Gasteiger partial charge in [0.05, 0.1) is 19.3 Å². The van der Waals surface area contributed by atoms with E-state index in [2.05, 4.69) is 32.9 Å². The third kappa shape index (κ3) is 3.45. The van der Waals surface area contributed by atoms with Crippen molar-refractivity contribution >= 4 is 5.69 Å². The average molecular weight is 237 g/mol. The lowest BCUT2D eigenvalue weighted by molar-refractivity contribution is 0.191. The highest BCUT2D eigenvalue weighted by molar-refractivity contribution is 5.48. The molecule has 96 valence electrons. The average Bonchev–Trinajstić information content (AvgIpc) is 2.29. The van der Waals surface area contributed by atoms with Gasteiger partial charge in [-0.25, -0.2) is 0 Å². The first-order chi connectivity index (χ1) is 7.90. The number of anilines is 1. The van der Waals surface area contributed by atoms with E-state index in [1.54, 1.807) is 0 Å². The minimum atomic E-state index is -0.240. The van der Waals surface area contributed by atoms with Crippen LogP contribution in [0.15, 0.2) is 24.3 Å². The van der Waals surface area contributed by atoms with Crippen LogP contribution in [0.3, 0.4) is 0 Å². The Hall–Kier alpha value is -1.06. The van der Waals surface area contributed by atoms with Gasteiger partial charge in [0.15, 0.2) is 0 Å². The van der Waals surface area contributed by atoms with E-state index in [0.29, 0.717) is 0 Å². The van der Waals surface area contributed by atoms with Crippen LogP contribution >= 0.6 is 0 Å². The summed E-state index contributed by atoms with van der Waals surface area (Å²) >= 11 is 0. The van der Waals surface area contributed by atoms with Crippen molar-refractivity contribution < 1.29 is 10.2 Å². The predicted molar refractivity (Wildman–Crippen MR) is 71.5 cm³/mol. The van der Waals surface area contributed by atoms with Crippen molar-refractivity contribution in [3.63, 3.8) is 0 Å². The van der Waals surface area contributed by atoms with Crippen LogP contribution in [0.1, 0.15) is 26.3 Å². The normalized spacial score (nSPS) is 11.9. The molecule has 0 aromatic heterocycles. The third-order valence-corrected chi connectivity index (χ3v) is 3.11. The first kappa shape index (κ1) is 14.0. The predicted octanol–water partition coefficient (Wildman–Crippen LogP) is 1.77. The fourth-order valence-electron chi connectivity index (χ4n) is 1.71. The second-order valence-electron chi connectivity index (χ2n) is 5.43. The van der Waals surface area contributed by atoms with Gasteiger partial charge >= 0.3 is 0 Å². The zero-order valence-electron chi connectivity index (χ0n) is 11.1. The summed E-state index contributed by atoms with van der Waals surface area (Å²) < 4.78 is 0. The first-order valence-corrected chi connectivity index (χ1v) is 5.95. The van der Waals surface area contributed by atoms with Gasteiger partial charge in [-0.05, 0) is 23.1 Å². The summed E-state index contributed by atoms with van der Waals surface area (Å²) in [6, 6.07) is 8.00. The van der Waals surface area contributed by atoms with Gasteiger partial charge in [0.2, 0.25) is 0 Å². The van der Waals surface area contributed by atoms with Crippen LogP contribution in [0.5, 0.6) is 0 Å². The van der Waals surface area contributed by atoms with E-state index in [1.165, 1.54) is 5.56 Å². The Kier molecular flexibility index (Phi) is 4.54. The highest BCUT2D eigenvalue weighted by Crippen LogP contribution is 2.25. The van der Waals surface area contributed by atoms with Gasteiger partial charge in [-0.3, -0.25) is 0 Å². The van der Waals surface area contributed by atoms with Crippen molar-refractivity contribution in [3.8, 4) is 0 Å². The topological polar surface area (TPSA) is 43.7 Å². The Balaban J connectivity index is 2.87. The van der Waals surface area contributed by atoms with Gasteiger partial charge in [0.25, 0.3) is 0 Å². The maximum absolute atomic E-state index is 9.14. The molecule has 0 aliphatic heterocycles. The summed E-state index contributed by atoms with van der Waals surface area (Å²) in [6.45, 7) is 6.43. The lowest BCUT2D eigenvalue weighted by Crippen LogP contribution is -2.37. The van der Waals surface area contributed by atoms with Crippen LogP contribution in [0.2, 0.25) is 0 Å². The Morgan fingerprint density at radius 3 is 1.88 bits per heavy atom. The van der Waals surface area contributed by atoms with Gasteiger partial charge < -0.3 is 15.1 Å². The van der Waals surface area contributed by atoms with E-state index in [1.807, 2.05) is 24.1 Å². The van der Waals surface area contributed by atoms with E-state index in [4.69, 9.17) is 10.2 Å². The maximum Gasteiger partial charge on any atom is 0.0748 e. The third-order valence-electron chi connectivity index (χ3n) is 3.11. The summed E-state index contributed by atoms with van der Waals surface area (Å²) in [5.41, 5.74) is 2.43. The maximum atomic E-state index is 9.14. The molecule has 2 N–H and O–H groups in total. The minimum absolute atomic E-state index is 0.0476. The number of likely N-dealkylation sites (N-methyl/N-ethyl adjacent to an activating group) is 1. The smallest absolute Gasteiger partial charge is 0.0748 e. The van der Waals surface area contributed by atoms with Crippen LogP contribution in [0.4, 0.5) is 5.69 Å². The van der Waals surface area contributed by atoms with Crippen LogP contribution in [0, 0.1) is 0 Å². The van der Waals surface area contributed by atoms with E-state index in [9.17, 15) is 0 Å². The molecule has 0 aliphatic carbocycles. The van der Waals surface area contributed by atoms with Crippen molar-refractivity contribution in [2.75, 3.05) is 25.2 Å². The molecule has 0 atom stereocenters. The van der Waals surface area contributed by atoms with Crippen molar-refractivity contribution in [2.45, 2.75) is 32.2 Å². The lowest BCUT2D eigenvalue weighted by Gasteiger charge is -2.28. The van der Waals surface area contributed by atoms with Crippen molar-refractivity contribution in [2.24, 2.45) is 0 Å². The molecule has 3 nitrogen and oxygen atoms in total. The number of aliphatic hydroxyl groups excluding tert-OH is 2. The fraction of sp³-hybridized carbons (Fsp3) is 0.571. The molecular weight excluding hydrogens is 214 g/mol. The summed E-state index contributed by atoms with van der Waals surface area (Å²) in [4.78, 5) is 1.90. The molecule has 0 spiro atoms. The Morgan fingerprint density at radius 1 is 1.06 bits per heavy atom. The van der Waals surface area contributed by atoms with Crippen LogP contribution < -0.4 is 4.90 Å². The number of benzene rings is 1. The molecular formula is C14H23NO2. The molecule has 0 saturated carbocycles. The summed E-state index contributed by atoms with van der Waals surface area (Å²) in [6.07, 6.45) is 0. The summed E-state index contributed by atoms with van der Waals surface area (Å²) in [5.74, 6) is 0. The van der Waals surface area contributed by atoms with Gasteiger partial charge in [-0.2, -0.15) is 0 Å². The summed E-state index contributed by atoms with van der Waals surface area (Å²) in [5, 5.41) is 18.3. The van der Waals surface area contributed by atoms with E-state index < -0.39 is 0 Å². The fourth-order valence-corrected chi connectivity index (χ4v) is 1.71. The molecule has 17 heavy (non-hydrogen) atoms. The quantitative estimate of drug-likeness (QED) is 0.839. The Morgan fingerprint density at radius 2 is 1.53 bits per heavy atom. The van der Waals surface area contributed by atoms with E-state index in [-0.39, 0.29) is 24.7 Å². The number of hydrogen-bond donors (Lipinski definition) is 2. The number of hydrogen-bond acceptors (Lipinski definition) is 3. The summed E-state index contributed by atoms with van der Waals surface area (Å²) in [7, 11) is 1.88. The molecule has 3 heteroatoms. The highest BCUT2D eigenvalue weighted by Gasteiger charge is 2.16. The Labute approximate surface area is 104 Å². The molecule has 0 heterocycles. The van der Waals surface area contributed by atoms with Gasteiger partial charge in [0, 0.05) is 12.7 Å². The zero-order valence-corrected chi connectivity index (χ0v) is 11.1. The monoisotopic (exact) mass is 237 g/mol. The number of aliphatic hydroxyl groups is 2. The SMILES string of the molecule is CN(c1ccc(C(C)(C)C)cc1)C(CO)CO. The van der Waals surface area contributed by atoms with Gasteiger partial charge in [0.1, 0.15) is 0 Å². The number of nitrogens with zero attached hydrogens (tertiary/aromatic N) is 1. The molecule has 1 rings (SSSR count). The van der Waals surface area contributed by atoms with Crippen LogP contribution in [0.25, 0.3) is 0 Å². The molecule has 1 aromatic carbocycles. The molecule has 0 bridgehead atoms.